The Hall–Kier alpha value is -3.69. The zero-order valence-corrected chi connectivity index (χ0v) is 18.6. The second-order valence-corrected chi connectivity index (χ2v) is 8.01. The molecule has 10 heteroatoms. The summed E-state index contributed by atoms with van der Waals surface area (Å²) in [6.07, 6.45) is -3.20. The molecule has 0 aliphatic rings. The molecule has 0 bridgehead atoms. The van der Waals surface area contributed by atoms with Crippen LogP contribution in [-0.2, 0) is 12.7 Å². The molecule has 0 atom stereocenters. The number of hydrogen-bond donors (Lipinski definition) is 1. The fourth-order valence-electron chi connectivity index (χ4n) is 3.55. The highest BCUT2D eigenvalue weighted by Gasteiger charge is 2.35. The summed E-state index contributed by atoms with van der Waals surface area (Å²) in [5, 5.41) is 10.7. The molecule has 0 aliphatic carbocycles. The largest absolute Gasteiger partial charge is 0.433 e. The van der Waals surface area contributed by atoms with Gasteiger partial charge in [-0.15, -0.1) is 0 Å². The molecule has 4 aromatic rings. The first-order chi connectivity index (χ1) is 15.6. The minimum absolute atomic E-state index is 0.0705. The Morgan fingerprint density at radius 1 is 1.15 bits per heavy atom. The van der Waals surface area contributed by atoms with Crippen molar-refractivity contribution >= 4 is 17.2 Å². The molecule has 0 spiro atoms. The smallest absolute Gasteiger partial charge is 0.318 e. The fraction of sp³-hybridized carbons (Fsp3) is 0.304. The van der Waals surface area contributed by atoms with Gasteiger partial charge >= 0.3 is 6.18 Å². The summed E-state index contributed by atoms with van der Waals surface area (Å²) in [6.45, 7) is 8.39. The van der Waals surface area contributed by atoms with E-state index in [0.29, 0.717) is 28.2 Å². The molecule has 7 nitrogen and oxygen atoms in total. The summed E-state index contributed by atoms with van der Waals surface area (Å²) in [5.74, 6) is -0.348. The molecule has 0 fully saturated rings. The lowest BCUT2D eigenvalue weighted by atomic mass is 10.0. The number of halogens is 3. The molecule has 1 aromatic carbocycles. The Labute approximate surface area is 188 Å². The van der Waals surface area contributed by atoms with Gasteiger partial charge in [-0.25, -0.2) is 9.50 Å². The number of carbonyl (C=O) groups is 1. The molecule has 0 unspecified atom stereocenters. The molecule has 172 valence electrons. The van der Waals surface area contributed by atoms with Gasteiger partial charge in [-0.3, -0.25) is 9.48 Å². The minimum atomic E-state index is -4.69. The van der Waals surface area contributed by atoms with E-state index in [0.717, 1.165) is 17.3 Å². The van der Waals surface area contributed by atoms with Gasteiger partial charge < -0.3 is 5.32 Å². The summed E-state index contributed by atoms with van der Waals surface area (Å²) in [5.41, 5.74) is 1.71. The lowest BCUT2D eigenvalue weighted by Gasteiger charge is -2.11. The lowest BCUT2D eigenvalue weighted by Crippen LogP contribution is -2.16. The zero-order chi connectivity index (χ0) is 23.9. The van der Waals surface area contributed by atoms with Crippen molar-refractivity contribution in [1.29, 1.82) is 0 Å². The van der Waals surface area contributed by atoms with Crippen LogP contribution in [0, 0.1) is 6.92 Å². The van der Waals surface area contributed by atoms with Crippen LogP contribution in [0.4, 0.5) is 18.9 Å². The third kappa shape index (κ3) is 4.33. The number of nitrogens with one attached hydrogen (secondary N) is 1. The Kier molecular flexibility index (Phi) is 5.69. The van der Waals surface area contributed by atoms with Gasteiger partial charge in [-0.1, -0.05) is 38.1 Å². The monoisotopic (exact) mass is 456 g/mol. The van der Waals surface area contributed by atoms with Gasteiger partial charge in [0, 0.05) is 18.2 Å². The molecule has 0 saturated heterocycles. The molecule has 33 heavy (non-hydrogen) atoms. The van der Waals surface area contributed by atoms with Crippen molar-refractivity contribution in [3.63, 3.8) is 0 Å². The summed E-state index contributed by atoms with van der Waals surface area (Å²) < 4.78 is 43.9. The zero-order valence-electron chi connectivity index (χ0n) is 18.6. The number of rotatable bonds is 5. The highest BCUT2D eigenvalue weighted by atomic mass is 19.4. The van der Waals surface area contributed by atoms with E-state index in [2.05, 4.69) is 20.5 Å². The molecular weight excluding hydrogens is 433 g/mol. The topological polar surface area (TPSA) is 77.1 Å². The van der Waals surface area contributed by atoms with E-state index in [-0.39, 0.29) is 17.0 Å². The molecule has 4 rings (SSSR count). The molecule has 3 heterocycles. The first kappa shape index (κ1) is 22.5. The maximum atomic E-state index is 13.8. The fourth-order valence-corrected chi connectivity index (χ4v) is 3.55. The average Bonchev–Trinajstić information content (AvgIpc) is 3.35. The van der Waals surface area contributed by atoms with Crippen LogP contribution in [0.15, 0.2) is 42.6 Å². The Morgan fingerprint density at radius 3 is 2.42 bits per heavy atom. The second kappa shape index (κ2) is 8.34. The first-order valence-corrected chi connectivity index (χ1v) is 10.5. The lowest BCUT2D eigenvalue weighted by molar-refractivity contribution is -0.142. The number of alkyl halides is 3. The second-order valence-electron chi connectivity index (χ2n) is 8.01. The van der Waals surface area contributed by atoms with Crippen LogP contribution < -0.4 is 5.32 Å². The van der Waals surface area contributed by atoms with Crippen LogP contribution in [0.2, 0.25) is 0 Å². The van der Waals surface area contributed by atoms with Crippen molar-refractivity contribution in [3.05, 3.63) is 65.2 Å². The van der Waals surface area contributed by atoms with Crippen LogP contribution >= 0.6 is 0 Å². The van der Waals surface area contributed by atoms with Gasteiger partial charge in [0.1, 0.15) is 0 Å². The van der Waals surface area contributed by atoms with Crippen LogP contribution in [-0.4, -0.2) is 30.3 Å². The molecular formula is C23H23F3N6O. The third-order valence-electron chi connectivity index (χ3n) is 5.47. The molecule has 0 saturated carbocycles. The molecule has 0 aliphatic heterocycles. The van der Waals surface area contributed by atoms with E-state index in [1.54, 1.807) is 23.7 Å². The number of carbonyl (C=O) groups excluding carboxylic acids is 1. The maximum absolute atomic E-state index is 13.8. The number of anilines is 1. The van der Waals surface area contributed by atoms with Crippen LogP contribution in [0.25, 0.3) is 16.9 Å². The first-order valence-electron chi connectivity index (χ1n) is 10.5. The molecule has 1 amide bonds. The van der Waals surface area contributed by atoms with Crippen molar-refractivity contribution in [2.45, 2.75) is 46.3 Å². The number of hydrogen-bond acceptors (Lipinski definition) is 4. The Bertz CT molecular complexity index is 1320. The standard InChI is InChI=1S/C23H23F3N6O/c1-5-31-14(4)19(12-27-31)29-22(33)18-11-21-28-17(10-20(23(24,25)26)32(21)30-18)16-8-6-15(7-9-16)13(2)3/h6-13H,5H2,1-4H3,(H,29,33). The predicted octanol–water partition coefficient (Wildman–Crippen LogP) is 5.32. The van der Waals surface area contributed by atoms with Crippen molar-refractivity contribution in [1.82, 2.24) is 24.4 Å². The number of aromatic nitrogens is 5. The highest BCUT2D eigenvalue weighted by molar-refractivity contribution is 6.03. The minimum Gasteiger partial charge on any atom is -0.318 e. The molecule has 1 N–H and O–H groups in total. The van der Waals surface area contributed by atoms with E-state index in [4.69, 9.17) is 0 Å². The number of nitrogens with zero attached hydrogens (tertiary/aromatic N) is 5. The molecule has 3 aromatic heterocycles. The van der Waals surface area contributed by atoms with Crippen LogP contribution in [0.3, 0.4) is 0 Å². The SMILES string of the molecule is CCn1ncc(NC(=O)c2cc3nc(-c4ccc(C(C)C)cc4)cc(C(F)(F)F)n3n2)c1C. The maximum Gasteiger partial charge on any atom is 0.433 e. The third-order valence-corrected chi connectivity index (χ3v) is 5.47. The number of fused-ring (bicyclic) bond motifs is 1. The van der Waals surface area contributed by atoms with Gasteiger partial charge in [-0.2, -0.15) is 23.4 Å². The normalized spacial score (nSPS) is 12.0. The van der Waals surface area contributed by atoms with Crippen molar-refractivity contribution in [2.75, 3.05) is 5.32 Å². The van der Waals surface area contributed by atoms with Gasteiger partial charge in [-0.05, 0) is 31.4 Å². The van der Waals surface area contributed by atoms with Gasteiger partial charge in [0.2, 0.25) is 0 Å². The number of benzene rings is 1. The van der Waals surface area contributed by atoms with E-state index in [1.807, 2.05) is 32.9 Å². The summed E-state index contributed by atoms with van der Waals surface area (Å²) in [7, 11) is 0. The van der Waals surface area contributed by atoms with Gasteiger partial charge in [0.25, 0.3) is 5.91 Å². The summed E-state index contributed by atoms with van der Waals surface area (Å²) >= 11 is 0. The van der Waals surface area contributed by atoms with Gasteiger partial charge in [0.05, 0.1) is 23.3 Å². The van der Waals surface area contributed by atoms with E-state index in [1.165, 1.54) is 12.3 Å². The highest BCUT2D eigenvalue weighted by Crippen LogP contribution is 2.32. The van der Waals surface area contributed by atoms with Crippen molar-refractivity contribution in [3.8, 4) is 11.3 Å². The van der Waals surface area contributed by atoms with E-state index >= 15 is 0 Å². The Morgan fingerprint density at radius 2 is 1.85 bits per heavy atom. The van der Waals surface area contributed by atoms with Crippen molar-refractivity contribution < 1.29 is 18.0 Å². The van der Waals surface area contributed by atoms with Gasteiger partial charge in [0.15, 0.2) is 17.0 Å². The van der Waals surface area contributed by atoms with Crippen LogP contribution in [0.5, 0.6) is 0 Å². The predicted molar refractivity (Wildman–Crippen MR) is 118 cm³/mol. The van der Waals surface area contributed by atoms with E-state index in [9.17, 15) is 18.0 Å². The number of aryl methyl sites for hydroxylation is 1. The summed E-state index contributed by atoms with van der Waals surface area (Å²) in [4.78, 5) is 17.1. The quantitative estimate of drug-likeness (QED) is 0.441. The Balaban J connectivity index is 1.75. The average molecular weight is 456 g/mol. The number of amides is 1. The summed E-state index contributed by atoms with van der Waals surface area (Å²) in [6, 6.07) is 9.41. The molecule has 0 radical (unpaired) electrons. The van der Waals surface area contributed by atoms with E-state index < -0.39 is 17.8 Å². The van der Waals surface area contributed by atoms with Crippen molar-refractivity contribution in [2.24, 2.45) is 0 Å². The van der Waals surface area contributed by atoms with Crippen LogP contribution in [0.1, 0.15) is 54.1 Å².